The number of aliphatic hydroxyl groups is 1. The molecule has 0 amide bonds. The van der Waals surface area contributed by atoms with Crippen molar-refractivity contribution in [1.82, 2.24) is 14.3 Å². The number of hydrogen-bond acceptors (Lipinski definition) is 6. The van der Waals surface area contributed by atoms with E-state index in [-0.39, 0.29) is 6.10 Å². The second-order valence-corrected chi connectivity index (χ2v) is 8.79. The first-order chi connectivity index (χ1) is 12.6. The zero-order valence-electron chi connectivity index (χ0n) is 15.1. The lowest BCUT2D eigenvalue weighted by atomic mass is 9.93. The number of aliphatic hydroxyl groups excluding tert-OH is 1. The third kappa shape index (κ3) is 3.81. The third-order valence-corrected chi connectivity index (χ3v) is 6.69. The van der Waals surface area contributed by atoms with E-state index < -0.39 is 11.4 Å². The van der Waals surface area contributed by atoms with Crippen LogP contribution in [0.4, 0.5) is 5.95 Å². The molecule has 1 aromatic heterocycles. The summed E-state index contributed by atoms with van der Waals surface area (Å²) in [6.45, 7) is 1.68. The van der Waals surface area contributed by atoms with Crippen LogP contribution in [0.1, 0.15) is 43.6 Å². The zero-order chi connectivity index (χ0) is 18.1. The highest BCUT2D eigenvalue weighted by molar-refractivity contribution is 7.88. The summed E-state index contributed by atoms with van der Waals surface area (Å²) in [5.74, 6) is 1.02. The zero-order valence-corrected chi connectivity index (χ0v) is 15.9. The number of aromatic nitrogens is 2. The Kier molecular flexibility index (Phi) is 5.31. The molecule has 0 radical (unpaired) electrons. The molecule has 4 rings (SSSR count). The fraction of sp³-hybridized carbons (Fsp3) is 0.579. The van der Waals surface area contributed by atoms with Gasteiger partial charge in [0.25, 0.3) is 0 Å². The Morgan fingerprint density at radius 2 is 2.04 bits per heavy atom. The summed E-state index contributed by atoms with van der Waals surface area (Å²) in [5.41, 5.74) is 2.22. The van der Waals surface area contributed by atoms with E-state index in [0.29, 0.717) is 17.9 Å². The summed E-state index contributed by atoms with van der Waals surface area (Å²) in [6.07, 6.45) is 8.05. The monoisotopic (exact) mass is 374 g/mol. The molecule has 2 unspecified atom stereocenters. The van der Waals surface area contributed by atoms with Crippen LogP contribution >= 0.6 is 0 Å². The first-order valence-electron chi connectivity index (χ1n) is 9.39. The van der Waals surface area contributed by atoms with Gasteiger partial charge in [0.15, 0.2) is 0 Å². The Bertz CT molecular complexity index is 764. The molecule has 2 fully saturated rings. The molecule has 2 aromatic rings. The second-order valence-electron chi connectivity index (χ2n) is 7.43. The molecule has 0 bridgehead atoms. The van der Waals surface area contributed by atoms with E-state index in [4.69, 9.17) is 4.98 Å². The van der Waals surface area contributed by atoms with Crippen molar-refractivity contribution in [2.24, 2.45) is 0 Å². The Morgan fingerprint density at radius 1 is 1.23 bits per heavy atom. The van der Waals surface area contributed by atoms with Gasteiger partial charge in [-0.3, -0.25) is 0 Å². The number of fused-ring (bicyclic) bond motifs is 1. The minimum atomic E-state index is -0.914. The number of rotatable bonds is 4. The van der Waals surface area contributed by atoms with Crippen LogP contribution in [0, 0.1) is 0 Å². The maximum Gasteiger partial charge on any atom is 0.223 e. The summed E-state index contributed by atoms with van der Waals surface area (Å²) < 4.78 is 13.8. The number of benzene rings is 1. The van der Waals surface area contributed by atoms with E-state index in [1.54, 1.807) is 6.26 Å². The fourth-order valence-corrected chi connectivity index (χ4v) is 4.85. The van der Waals surface area contributed by atoms with Gasteiger partial charge in [-0.15, -0.1) is 4.31 Å². The van der Waals surface area contributed by atoms with Crippen LogP contribution in [0.15, 0.2) is 24.4 Å². The van der Waals surface area contributed by atoms with Crippen molar-refractivity contribution in [3.05, 3.63) is 30.0 Å². The molecule has 2 atom stereocenters. The quantitative estimate of drug-likeness (QED) is 0.800. The molecule has 140 valence electrons. The molecule has 7 heteroatoms. The number of nitrogens with zero attached hydrogens (tertiary/aromatic N) is 3. The van der Waals surface area contributed by atoms with Gasteiger partial charge < -0.3 is 15.0 Å². The molecule has 1 aromatic carbocycles. The first kappa shape index (κ1) is 18.0. The largest absolute Gasteiger partial charge is 0.598 e. The van der Waals surface area contributed by atoms with E-state index >= 15 is 0 Å². The van der Waals surface area contributed by atoms with Gasteiger partial charge in [-0.05, 0) is 37.7 Å². The molecule has 2 N–H and O–H groups in total. The van der Waals surface area contributed by atoms with Gasteiger partial charge in [0.2, 0.25) is 5.95 Å². The molecule has 0 spiro atoms. The average Bonchev–Trinajstić information content (AvgIpc) is 3.13. The minimum absolute atomic E-state index is 0.161. The number of nitrogens with one attached hydrogen (secondary N) is 1. The molecule has 1 aliphatic heterocycles. The van der Waals surface area contributed by atoms with Gasteiger partial charge in [-0.1, -0.05) is 18.2 Å². The molecular formula is C19H26N4O2S. The van der Waals surface area contributed by atoms with Crippen LogP contribution < -0.4 is 5.32 Å². The van der Waals surface area contributed by atoms with Crippen molar-refractivity contribution < 1.29 is 9.66 Å². The molecule has 1 aliphatic carbocycles. The predicted molar refractivity (Wildman–Crippen MR) is 104 cm³/mol. The van der Waals surface area contributed by atoms with Crippen molar-refractivity contribution >= 4 is 28.2 Å². The van der Waals surface area contributed by atoms with Gasteiger partial charge in [0.1, 0.15) is 6.26 Å². The lowest BCUT2D eigenvalue weighted by molar-refractivity contribution is 0.126. The lowest BCUT2D eigenvalue weighted by Crippen LogP contribution is -2.29. The molecule has 26 heavy (non-hydrogen) atoms. The Morgan fingerprint density at radius 3 is 2.77 bits per heavy atom. The normalized spacial score (nSPS) is 28.3. The Hall–Kier alpha value is -1.41. The topological polar surface area (TPSA) is 84.3 Å². The lowest BCUT2D eigenvalue weighted by Gasteiger charge is -2.26. The van der Waals surface area contributed by atoms with E-state index in [1.165, 1.54) is 5.56 Å². The SMILES string of the molecule is C[S+]([O-])N1CCC(c2cccc3cnc(N[C@H]4CC[C@H](O)CC4)nc23)C1. The minimum Gasteiger partial charge on any atom is -0.598 e. The van der Waals surface area contributed by atoms with Gasteiger partial charge in [0, 0.05) is 41.4 Å². The molecule has 2 heterocycles. The van der Waals surface area contributed by atoms with E-state index in [9.17, 15) is 9.66 Å². The average molecular weight is 375 g/mol. The third-order valence-electron chi connectivity index (χ3n) is 5.63. The number of para-hydroxylation sites is 1. The molecule has 2 aliphatic rings. The van der Waals surface area contributed by atoms with Crippen LogP contribution in [-0.2, 0) is 11.4 Å². The van der Waals surface area contributed by atoms with Gasteiger partial charge in [-0.25, -0.2) is 9.97 Å². The van der Waals surface area contributed by atoms with E-state index in [1.807, 2.05) is 16.6 Å². The molecule has 6 nitrogen and oxygen atoms in total. The molecule has 1 saturated heterocycles. The summed E-state index contributed by atoms with van der Waals surface area (Å²) in [7, 11) is 0. The Labute approximate surface area is 157 Å². The van der Waals surface area contributed by atoms with Crippen LogP contribution in [0.2, 0.25) is 0 Å². The standard InChI is InChI=1S/C19H26N4O2S/c1-26(25)23-10-9-14(12-23)17-4-2-3-13-11-20-19(22-18(13)17)21-15-5-7-16(24)8-6-15/h2-4,11,14-16,24H,5-10,12H2,1H3,(H,20,21,22)/t14?,15-,16-,26?. The van der Waals surface area contributed by atoms with Crippen molar-refractivity contribution in [3.8, 4) is 0 Å². The van der Waals surface area contributed by atoms with Crippen molar-refractivity contribution in [3.63, 3.8) is 0 Å². The number of anilines is 1. The van der Waals surface area contributed by atoms with Crippen molar-refractivity contribution in [2.45, 2.75) is 50.2 Å². The smallest absolute Gasteiger partial charge is 0.223 e. The number of hydrogen-bond donors (Lipinski definition) is 2. The van der Waals surface area contributed by atoms with E-state index in [0.717, 1.165) is 56.1 Å². The highest BCUT2D eigenvalue weighted by atomic mass is 32.2. The van der Waals surface area contributed by atoms with Crippen molar-refractivity contribution in [2.75, 3.05) is 24.7 Å². The maximum atomic E-state index is 11.8. The summed E-state index contributed by atoms with van der Waals surface area (Å²) in [5, 5.41) is 14.2. The summed E-state index contributed by atoms with van der Waals surface area (Å²) >= 11 is -0.914. The van der Waals surface area contributed by atoms with Gasteiger partial charge in [-0.2, -0.15) is 0 Å². The van der Waals surface area contributed by atoms with Gasteiger partial charge in [0.05, 0.1) is 18.2 Å². The first-order valence-corrected chi connectivity index (χ1v) is 10.9. The highest BCUT2D eigenvalue weighted by Gasteiger charge is 2.30. The predicted octanol–water partition coefficient (Wildman–Crippen LogP) is 2.43. The van der Waals surface area contributed by atoms with Crippen LogP contribution in [-0.4, -0.2) is 55.4 Å². The maximum absolute atomic E-state index is 11.8. The summed E-state index contributed by atoms with van der Waals surface area (Å²) in [4.78, 5) is 9.31. The fourth-order valence-electron chi connectivity index (χ4n) is 4.10. The van der Waals surface area contributed by atoms with Crippen LogP contribution in [0.5, 0.6) is 0 Å². The second kappa shape index (κ2) is 7.68. The molecule has 1 saturated carbocycles. The Balaban J connectivity index is 1.57. The van der Waals surface area contributed by atoms with Crippen molar-refractivity contribution in [1.29, 1.82) is 0 Å². The van der Waals surface area contributed by atoms with Crippen LogP contribution in [0.3, 0.4) is 0 Å². The summed E-state index contributed by atoms with van der Waals surface area (Å²) in [6, 6.07) is 6.57. The van der Waals surface area contributed by atoms with E-state index in [2.05, 4.69) is 22.4 Å². The highest BCUT2D eigenvalue weighted by Crippen LogP contribution is 2.33. The molecular weight excluding hydrogens is 348 g/mol. The van der Waals surface area contributed by atoms with Crippen LogP contribution in [0.25, 0.3) is 10.9 Å². The van der Waals surface area contributed by atoms with Gasteiger partial charge >= 0.3 is 0 Å².